The van der Waals surface area contributed by atoms with Crippen molar-refractivity contribution in [2.24, 2.45) is 0 Å². The van der Waals surface area contributed by atoms with Crippen LogP contribution in [0.3, 0.4) is 0 Å². The van der Waals surface area contributed by atoms with Gasteiger partial charge in [-0.25, -0.2) is 0 Å². The molecule has 0 aromatic heterocycles. The second-order valence-electron chi connectivity index (χ2n) is 4.05. The third-order valence-corrected chi connectivity index (χ3v) is 3.20. The van der Waals surface area contributed by atoms with Gasteiger partial charge < -0.3 is 10.4 Å². The van der Waals surface area contributed by atoms with E-state index in [1.54, 1.807) is 0 Å². The molecule has 0 saturated carbocycles. The lowest BCUT2D eigenvalue weighted by molar-refractivity contribution is -0.628. The van der Waals surface area contributed by atoms with Crippen LogP contribution in [0.1, 0.15) is 25.3 Å². The first kappa shape index (κ1) is 12.7. The highest BCUT2D eigenvalue weighted by molar-refractivity contribution is 5.81. The SMILES string of the molecule is CCC(CC[NH2+]C)(C(=O)O)c1ccccc1. The van der Waals surface area contributed by atoms with Gasteiger partial charge in [0.15, 0.2) is 0 Å². The Labute approximate surface area is 96.5 Å². The number of carboxylic acid groups (broad SMARTS) is 1. The molecule has 1 aromatic rings. The van der Waals surface area contributed by atoms with Gasteiger partial charge in [0.2, 0.25) is 0 Å². The van der Waals surface area contributed by atoms with Crippen LogP contribution in [0.25, 0.3) is 0 Å². The summed E-state index contributed by atoms with van der Waals surface area (Å²) < 4.78 is 0. The minimum absolute atomic E-state index is 0.625. The molecule has 3 nitrogen and oxygen atoms in total. The lowest BCUT2D eigenvalue weighted by Gasteiger charge is -2.27. The van der Waals surface area contributed by atoms with Crippen molar-refractivity contribution in [2.75, 3.05) is 13.6 Å². The monoisotopic (exact) mass is 222 g/mol. The number of hydrogen-bond donors (Lipinski definition) is 2. The molecule has 0 bridgehead atoms. The Morgan fingerprint density at radius 3 is 2.44 bits per heavy atom. The van der Waals surface area contributed by atoms with Crippen molar-refractivity contribution >= 4 is 5.97 Å². The first-order valence-electron chi connectivity index (χ1n) is 5.74. The largest absolute Gasteiger partial charge is 0.481 e. The van der Waals surface area contributed by atoms with E-state index in [1.165, 1.54) is 0 Å². The Hall–Kier alpha value is -1.35. The maximum atomic E-state index is 11.5. The number of rotatable bonds is 6. The van der Waals surface area contributed by atoms with Crippen LogP contribution < -0.4 is 5.32 Å². The van der Waals surface area contributed by atoms with Crippen molar-refractivity contribution in [1.82, 2.24) is 0 Å². The van der Waals surface area contributed by atoms with Crippen LogP contribution in [0.15, 0.2) is 30.3 Å². The number of carbonyl (C=O) groups is 1. The molecule has 1 rings (SSSR count). The fraction of sp³-hybridized carbons (Fsp3) is 0.462. The molecule has 0 radical (unpaired) electrons. The summed E-state index contributed by atoms with van der Waals surface area (Å²) in [6.45, 7) is 2.77. The van der Waals surface area contributed by atoms with Crippen LogP contribution in [0.2, 0.25) is 0 Å². The van der Waals surface area contributed by atoms with Gasteiger partial charge in [-0.15, -0.1) is 0 Å². The fourth-order valence-electron chi connectivity index (χ4n) is 2.05. The van der Waals surface area contributed by atoms with Gasteiger partial charge in [0.05, 0.1) is 19.0 Å². The van der Waals surface area contributed by atoms with Crippen molar-refractivity contribution in [3.8, 4) is 0 Å². The predicted molar refractivity (Wildman–Crippen MR) is 63.4 cm³/mol. The molecule has 0 aliphatic carbocycles. The average molecular weight is 222 g/mol. The summed E-state index contributed by atoms with van der Waals surface area (Å²) in [5.41, 5.74) is 0.181. The number of hydrogen-bond acceptors (Lipinski definition) is 1. The number of quaternary nitrogens is 1. The molecule has 3 heteroatoms. The minimum atomic E-state index is -0.728. The molecule has 16 heavy (non-hydrogen) atoms. The number of carboxylic acids is 1. The molecule has 0 aliphatic rings. The third-order valence-electron chi connectivity index (χ3n) is 3.20. The maximum absolute atomic E-state index is 11.5. The van der Waals surface area contributed by atoms with Gasteiger partial charge in [0, 0.05) is 6.42 Å². The lowest BCUT2D eigenvalue weighted by atomic mass is 9.75. The van der Waals surface area contributed by atoms with Crippen molar-refractivity contribution in [3.63, 3.8) is 0 Å². The van der Waals surface area contributed by atoms with Crippen LogP contribution in [-0.4, -0.2) is 24.7 Å². The number of nitrogens with two attached hydrogens (primary N) is 1. The van der Waals surface area contributed by atoms with Crippen LogP contribution >= 0.6 is 0 Å². The van der Waals surface area contributed by atoms with E-state index >= 15 is 0 Å². The summed E-state index contributed by atoms with van der Waals surface area (Å²) in [6, 6.07) is 9.54. The first-order valence-corrected chi connectivity index (χ1v) is 5.74. The molecular weight excluding hydrogens is 202 g/mol. The van der Waals surface area contributed by atoms with Gasteiger partial charge in [-0.05, 0) is 12.0 Å². The number of aliphatic carboxylic acids is 1. The van der Waals surface area contributed by atoms with Crippen LogP contribution in [-0.2, 0) is 10.2 Å². The molecular formula is C13H20NO2+. The normalized spacial score (nSPS) is 14.4. The highest BCUT2D eigenvalue weighted by Crippen LogP contribution is 2.31. The van der Waals surface area contributed by atoms with Crippen molar-refractivity contribution in [1.29, 1.82) is 0 Å². The summed E-state index contributed by atoms with van der Waals surface area (Å²) >= 11 is 0. The van der Waals surface area contributed by atoms with Gasteiger partial charge in [-0.1, -0.05) is 37.3 Å². The zero-order valence-electron chi connectivity index (χ0n) is 9.94. The Balaban J connectivity index is 3.07. The average Bonchev–Trinajstić information content (AvgIpc) is 2.31. The molecule has 0 aliphatic heterocycles. The minimum Gasteiger partial charge on any atom is -0.481 e. The van der Waals surface area contributed by atoms with Gasteiger partial charge in [0.25, 0.3) is 0 Å². The van der Waals surface area contributed by atoms with E-state index in [4.69, 9.17) is 0 Å². The summed E-state index contributed by atoms with van der Waals surface area (Å²) in [6.07, 6.45) is 1.29. The molecule has 0 fully saturated rings. The van der Waals surface area contributed by atoms with Crippen LogP contribution in [0, 0.1) is 0 Å². The predicted octanol–water partition coefficient (Wildman–Crippen LogP) is 1.00. The lowest BCUT2D eigenvalue weighted by Crippen LogP contribution is -2.80. The smallest absolute Gasteiger partial charge is 0.314 e. The van der Waals surface area contributed by atoms with E-state index in [1.807, 2.05) is 49.6 Å². The van der Waals surface area contributed by atoms with E-state index in [-0.39, 0.29) is 0 Å². The number of benzene rings is 1. The van der Waals surface area contributed by atoms with Crippen molar-refractivity contribution in [3.05, 3.63) is 35.9 Å². The van der Waals surface area contributed by atoms with E-state index in [0.717, 1.165) is 12.1 Å². The summed E-state index contributed by atoms with van der Waals surface area (Å²) in [7, 11) is 1.97. The van der Waals surface area contributed by atoms with Gasteiger partial charge in [0.1, 0.15) is 0 Å². The molecule has 1 unspecified atom stereocenters. The molecule has 88 valence electrons. The highest BCUT2D eigenvalue weighted by Gasteiger charge is 2.38. The quantitative estimate of drug-likeness (QED) is 0.754. The highest BCUT2D eigenvalue weighted by atomic mass is 16.4. The molecule has 0 saturated heterocycles. The third kappa shape index (κ3) is 2.42. The molecule has 0 spiro atoms. The van der Waals surface area contributed by atoms with E-state index in [9.17, 15) is 9.90 Å². The fourth-order valence-corrected chi connectivity index (χ4v) is 2.05. The maximum Gasteiger partial charge on any atom is 0.314 e. The zero-order valence-corrected chi connectivity index (χ0v) is 9.94. The first-order chi connectivity index (χ1) is 7.67. The molecule has 1 aromatic carbocycles. The van der Waals surface area contributed by atoms with Crippen molar-refractivity contribution < 1.29 is 15.2 Å². The Morgan fingerprint density at radius 2 is 2.00 bits per heavy atom. The van der Waals surface area contributed by atoms with Gasteiger partial charge in [-0.3, -0.25) is 4.79 Å². The Morgan fingerprint density at radius 1 is 1.38 bits per heavy atom. The van der Waals surface area contributed by atoms with E-state index in [2.05, 4.69) is 0 Å². The van der Waals surface area contributed by atoms with E-state index < -0.39 is 11.4 Å². The summed E-state index contributed by atoms with van der Waals surface area (Å²) in [4.78, 5) is 11.5. The standard InChI is InChI=1S/C13H19NO2/c1-3-13(12(15)16,9-10-14-2)11-7-5-4-6-8-11/h4-8,14H,3,9-10H2,1-2H3,(H,15,16)/p+1. The van der Waals surface area contributed by atoms with Gasteiger partial charge in [-0.2, -0.15) is 0 Å². The second kappa shape index (κ2) is 5.66. The van der Waals surface area contributed by atoms with Crippen molar-refractivity contribution in [2.45, 2.75) is 25.2 Å². The summed E-state index contributed by atoms with van der Waals surface area (Å²) in [5, 5.41) is 11.5. The topological polar surface area (TPSA) is 53.9 Å². The molecule has 0 heterocycles. The van der Waals surface area contributed by atoms with Crippen LogP contribution in [0.5, 0.6) is 0 Å². The molecule has 3 N–H and O–H groups in total. The molecule has 1 atom stereocenters. The van der Waals surface area contributed by atoms with E-state index in [0.29, 0.717) is 12.8 Å². The van der Waals surface area contributed by atoms with Crippen LogP contribution in [0.4, 0.5) is 0 Å². The summed E-state index contributed by atoms with van der Waals surface area (Å²) in [5.74, 6) is -0.719. The molecule has 0 amide bonds. The Bertz CT molecular complexity index is 337. The second-order valence-corrected chi connectivity index (χ2v) is 4.05. The Kier molecular flexibility index (Phi) is 4.50. The van der Waals surface area contributed by atoms with Gasteiger partial charge >= 0.3 is 5.97 Å². The zero-order chi connectivity index (χ0) is 12.0.